The van der Waals surface area contributed by atoms with Gasteiger partial charge in [-0.1, -0.05) is 6.07 Å². The highest BCUT2D eigenvalue weighted by atomic mass is 16.2. The summed E-state index contributed by atoms with van der Waals surface area (Å²) in [6.07, 6.45) is 6.64. The Kier molecular flexibility index (Phi) is 4.79. The van der Waals surface area contributed by atoms with Crippen LogP contribution in [0.4, 0.5) is 0 Å². The average molecular weight is 325 g/mol. The first-order chi connectivity index (χ1) is 11.5. The van der Waals surface area contributed by atoms with Crippen molar-refractivity contribution in [2.75, 3.05) is 13.1 Å². The molecule has 1 aliphatic rings. The van der Waals surface area contributed by atoms with Gasteiger partial charge in [0.25, 0.3) is 11.5 Å². The molecule has 0 saturated carbocycles. The molecule has 1 unspecified atom stereocenters. The van der Waals surface area contributed by atoms with Gasteiger partial charge in [0.1, 0.15) is 5.56 Å². The van der Waals surface area contributed by atoms with Gasteiger partial charge in [0.05, 0.1) is 0 Å². The van der Waals surface area contributed by atoms with E-state index in [2.05, 4.69) is 16.0 Å². The van der Waals surface area contributed by atoms with Gasteiger partial charge >= 0.3 is 0 Å². The zero-order valence-corrected chi connectivity index (χ0v) is 14.2. The molecule has 0 spiro atoms. The fraction of sp³-hybridized carbons (Fsp3) is 0.421. The molecule has 2 aromatic rings. The molecule has 1 atom stereocenters. The fourth-order valence-corrected chi connectivity index (χ4v) is 3.32. The number of amides is 1. The molecule has 1 N–H and O–H groups in total. The van der Waals surface area contributed by atoms with Crippen molar-refractivity contribution < 1.29 is 4.79 Å². The lowest BCUT2D eigenvalue weighted by atomic mass is 9.91. The summed E-state index contributed by atoms with van der Waals surface area (Å²) in [6, 6.07) is 5.72. The summed E-state index contributed by atoms with van der Waals surface area (Å²) < 4.78 is 0. The molecule has 1 aliphatic heterocycles. The summed E-state index contributed by atoms with van der Waals surface area (Å²) in [4.78, 5) is 33.7. The number of nitrogens with one attached hydrogen (secondary N) is 1. The van der Waals surface area contributed by atoms with E-state index in [0.717, 1.165) is 37.1 Å². The first-order valence-corrected chi connectivity index (χ1v) is 8.43. The Balaban J connectivity index is 1.74. The number of nitrogens with zero attached hydrogens (tertiary/aromatic N) is 2. The van der Waals surface area contributed by atoms with Crippen molar-refractivity contribution in [3.8, 4) is 0 Å². The molecule has 0 aromatic carbocycles. The Morgan fingerprint density at radius 3 is 3.00 bits per heavy atom. The fourth-order valence-electron chi connectivity index (χ4n) is 3.32. The minimum Gasteiger partial charge on any atom is -0.338 e. The molecule has 2 aromatic heterocycles. The van der Waals surface area contributed by atoms with Crippen molar-refractivity contribution in [2.45, 2.75) is 33.1 Å². The standard InChI is InChI=1S/C19H23N3O2/c1-13-9-17(18(23)21-14(13)2)19(24)22-8-4-6-16(12-22)10-15-5-3-7-20-11-15/h3,5,7,9,11,16H,4,6,8,10,12H2,1-2H3,(H,21,23). The number of hydrogen-bond donors (Lipinski definition) is 1. The van der Waals surface area contributed by atoms with E-state index in [1.54, 1.807) is 12.3 Å². The first-order valence-electron chi connectivity index (χ1n) is 8.43. The van der Waals surface area contributed by atoms with Gasteiger partial charge in [-0.3, -0.25) is 14.6 Å². The molecule has 5 heteroatoms. The molecular weight excluding hydrogens is 302 g/mol. The Labute approximate surface area is 141 Å². The Hall–Kier alpha value is -2.43. The average Bonchev–Trinajstić information content (AvgIpc) is 2.59. The second-order valence-electron chi connectivity index (χ2n) is 6.64. The second kappa shape index (κ2) is 6.99. The van der Waals surface area contributed by atoms with E-state index in [1.165, 1.54) is 5.56 Å². The molecule has 3 rings (SSSR count). The van der Waals surface area contributed by atoms with Crippen LogP contribution in [0.15, 0.2) is 35.4 Å². The molecule has 0 bridgehead atoms. The van der Waals surface area contributed by atoms with E-state index in [4.69, 9.17) is 0 Å². The van der Waals surface area contributed by atoms with Crippen molar-refractivity contribution >= 4 is 5.91 Å². The lowest BCUT2D eigenvalue weighted by Gasteiger charge is -2.32. The number of hydrogen-bond acceptors (Lipinski definition) is 3. The van der Waals surface area contributed by atoms with Gasteiger partial charge in [-0.25, -0.2) is 0 Å². The number of aromatic nitrogens is 2. The lowest BCUT2D eigenvalue weighted by Crippen LogP contribution is -2.42. The highest BCUT2D eigenvalue weighted by Crippen LogP contribution is 2.21. The number of likely N-dealkylation sites (tertiary alicyclic amines) is 1. The normalized spacial score (nSPS) is 17.8. The molecule has 0 aliphatic carbocycles. The molecule has 0 radical (unpaired) electrons. The molecule has 3 heterocycles. The third kappa shape index (κ3) is 3.55. The third-order valence-corrected chi connectivity index (χ3v) is 4.78. The zero-order valence-electron chi connectivity index (χ0n) is 14.2. The molecule has 1 amide bonds. The Bertz CT molecular complexity index is 783. The Morgan fingerprint density at radius 1 is 1.42 bits per heavy atom. The summed E-state index contributed by atoms with van der Waals surface area (Å²) >= 11 is 0. The smallest absolute Gasteiger partial charge is 0.261 e. The maximum absolute atomic E-state index is 12.8. The number of H-pyrrole nitrogens is 1. The second-order valence-corrected chi connectivity index (χ2v) is 6.64. The van der Waals surface area contributed by atoms with Crippen molar-refractivity contribution in [2.24, 2.45) is 5.92 Å². The van der Waals surface area contributed by atoms with Crippen LogP contribution in [-0.2, 0) is 6.42 Å². The van der Waals surface area contributed by atoms with E-state index < -0.39 is 0 Å². The summed E-state index contributed by atoms with van der Waals surface area (Å²) in [5, 5.41) is 0. The van der Waals surface area contributed by atoms with Gasteiger partial charge in [0, 0.05) is 31.2 Å². The largest absolute Gasteiger partial charge is 0.338 e. The number of aryl methyl sites for hydroxylation is 2. The first kappa shape index (κ1) is 16.4. The molecule has 5 nitrogen and oxygen atoms in total. The van der Waals surface area contributed by atoms with Gasteiger partial charge in [-0.15, -0.1) is 0 Å². The Morgan fingerprint density at radius 2 is 2.25 bits per heavy atom. The van der Waals surface area contributed by atoms with Gasteiger partial charge in [-0.2, -0.15) is 0 Å². The van der Waals surface area contributed by atoms with Crippen LogP contribution < -0.4 is 5.56 Å². The minimum atomic E-state index is -0.294. The maximum Gasteiger partial charge on any atom is 0.261 e. The van der Waals surface area contributed by atoms with Crippen LogP contribution in [0.5, 0.6) is 0 Å². The van der Waals surface area contributed by atoms with Crippen LogP contribution in [0, 0.1) is 19.8 Å². The van der Waals surface area contributed by atoms with Gasteiger partial charge in [0.2, 0.25) is 0 Å². The predicted octanol–water partition coefficient (Wildman–Crippen LogP) is 2.48. The number of pyridine rings is 2. The van der Waals surface area contributed by atoms with Crippen molar-refractivity contribution in [3.63, 3.8) is 0 Å². The topological polar surface area (TPSA) is 66.1 Å². The summed E-state index contributed by atoms with van der Waals surface area (Å²) in [7, 11) is 0. The number of carbonyl (C=O) groups excluding carboxylic acids is 1. The van der Waals surface area contributed by atoms with Gasteiger partial charge in [-0.05, 0) is 62.3 Å². The van der Waals surface area contributed by atoms with Crippen molar-refractivity contribution in [1.82, 2.24) is 14.9 Å². The molecular formula is C19H23N3O2. The van der Waals surface area contributed by atoms with Crippen LogP contribution in [0.1, 0.15) is 40.0 Å². The number of rotatable bonds is 3. The highest BCUT2D eigenvalue weighted by molar-refractivity contribution is 5.94. The van der Waals surface area contributed by atoms with Gasteiger partial charge < -0.3 is 9.88 Å². The molecule has 1 saturated heterocycles. The minimum absolute atomic E-state index is 0.157. The molecule has 24 heavy (non-hydrogen) atoms. The number of carbonyl (C=O) groups is 1. The maximum atomic E-state index is 12.8. The van der Waals surface area contributed by atoms with Gasteiger partial charge in [0.15, 0.2) is 0 Å². The summed E-state index contributed by atoms with van der Waals surface area (Å²) in [5.41, 5.74) is 2.89. The quantitative estimate of drug-likeness (QED) is 0.943. The number of aromatic amines is 1. The SMILES string of the molecule is Cc1cc(C(=O)N2CCCC(Cc3cccnc3)C2)c(=O)[nH]c1C. The molecule has 1 fully saturated rings. The van der Waals surface area contributed by atoms with Crippen LogP contribution in [0.3, 0.4) is 0 Å². The number of piperidine rings is 1. The van der Waals surface area contributed by atoms with Crippen molar-refractivity contribution in [1.29, 1.82) is 0 Å². The van der Waals surface area contributed by atoms with Crippen LogP contribution >= 0.6 is 0 Å². The summed E-state index contributed by atoms with van der Waals surface area (Å²) in [5.74, 6) is 0.257. The monoisotopic (exact) mass is 325 g/mol. The van der Waals surface area contributed by atoms with Crippen LogP contribution in [0.2, 0.25) is 0 Å². The van der Waals surface area contributed by atoms with Crippen molar-refractivity contribution in [3.05, 3.63) is 63.3 Å². The van der Waals surface area contributed by atoms with E-state index >= 15 is 0 Å². The van der Waals surface area contributed by atoms with E-state index in [1.807, 2.05) is 31.0 Å². The zero-order chi connectivity index (χ0) is 17.1. The van der Waals surface area contributed by atoms with E-state index in [-0.39, 0.29) is 17.0 Å². The van der Waals surface area contributed by atoms with E-state index in [0.29, 0.717) is 12.5 Å². The lowest BCUT2D eigenvalue weighted by molar-refractivity contribution is 0.0671. The van der Waals surface area contributed by atoms with E-state index in [9.17, 15) is 9.59 Å². The van der Waals surface area contributed by atoms with Crippen LogP contribution in [-0.4, -0.2) is 33.9 Å². The third-order valence-electron chi connectivity index (χ3n) is 4.78. The van der Waals surface area contributed by atoms with Crippen LogP contribution in [0.25, 0.3) is 0 Å². The molecule has 126 valence electrons. The predicted molar refractivity (Wildman–Crippen MR) is 93.1 cm³/mol. The highest BCUT2D eigenvalue weighted by Gasteiger charge is 2.26. The summed E-state index contributed by atoms with van der Waals surface area (Å²) in [6.45, 7) is 5.16.